The standard InChI is InChI=1S/C10H10S2/c1-7-3-4-9-8(5-7)6-10(11-2)12-9/h3-6H,1-2H3. The van der Waals surface area contributed by atoms with Gasteiger partial charge in [0, 0.05) is 4.70 Å². The Balaban J connectivity index is 2.67. The van der Waals surface area contributed by atoms with Crippen LogP contribution in [0.15, 0.2) is 28.5 Å². The maximum absolute atomic E-state index is 2.26. The van der Waals surface area contributed by atoms with Gasteiger partial charge in [0.15, 0.2) is 0 Å². The van der Waals surface area contributed by atoms with E-state index in [1.165, 1.54) is 19.9 Å². The van der Waals surface area contributed by atoms with Crippen LogP contribution >= 0.6 is 23.1 Å². The molecule has 0 saturated carbocycles. The van der Waals surface area contributed by atoms with E-state index in [1.54, 1.807) is 0 Å². The highest BCUT2D eigenvalue weighted by Crippen LogP contribution is 2.31. The molecule has 0 unspecified atom stereocenters. The van der Waals surface area contributed by atoms with E-state index in [-0.39, 0.29) is 0 Å². The molecule has 0 aliphatic carbocycles. The second-order valence-corrected chi connectivity index (χ2v) is 5.00. The average Bonchev–Trinajstić information content (AvgIpc) is 2.46. The number of fused-ring (bicyclic) bond motifs is 1. The third-order valence-electron chi connectivity index (χ3n) is 1.85. The van der Waals surface area contributed by atoms with Gasteiger partial charge in [0.05, 0.1) is 4.21 Å². The van der Waals surface area contributed by atoms with Gasteiger partial charge in [-0.25, -0.2) is 0 Å². The Morgan fingerprint density at radius 1 is 1.25 bits per heavy atom. The lowest BCUT2D eigenvalue weighted by atomic mass is 10.2. The van der Waals surface area contributed by atoms with E-state index < -0.39 is 0 Å². The van der Waals surface area contributed by atoms with Gasteiger partial charge in [-0.3, -0.25) is 0 Å². The number of aryl methyl sites for hydroxylation is 1. The monoisotopic (exact) mass is 194 g/mol. The predicted molar refractivity (Wildman–Crippen MR) is 58.3 cm³/mol. The van der Waals surface area contributed by atoms with Gasteiger partial charge in [-0.2, -0.15) is 0 Å². The summed E-state index contributed by atoms with van der Waals surface area (Å²) in [5.74, 6) is 0. The van der Waals surface area contributed by atoms with Crippen LogP contribution in [0.3, 0.4) is 0 Å². The fourth-order valence-corrected chi connectivity index (χ4v) is 2.86. The molecular weight excluding hydrogens is 184 g/mol. The van der Waals surface area contributed by atoms with E-state index in [2.05, 4.69) is 37.4 Å². The van der Waals surface area contributed by atoms with Crippen molar-refractivity contribution in [3.05, 3.63) is 29.8 Å². The molecule has 0 bridgehead atoms. The first kappa shape index (κ1) is 8.14. The highest BCUT2D eigenvalue weighted by atomic mass is 32.2. The maximum Gasteiger partial charge on any atom is 0.0608 e. The quantitative estimate of drug-likeness (QED) is 0.620. The van der Waals surface area contributed by atoms with E-state index in [0.29, 0.717) is 0 Å². The van der Waals surface area contributed by atoms with E-state index in [4.69, 9.17) is 0 Å². The number of hydrogen-bond acceptors (Lipinski definition) is 2. The molecule has 0 fully saturated rings. The molecule has 0 N–H and O–H groups in total. The Labute approximate surface area is 80.6 Å². The third-order valence-corrected chi connectivity index (χ3v) is 4.03. The highest BCUT2D eigenvalue weighted by molar-refractivity contribution is 8.00. The van der Waals surface area contributed by atoms with Crippen molar-refractivity contribution in [3.8, 4) is 0 Å². The summed E-state index contributed by atoms with van der Waals surface area (Å²) in [6.07, 6.45) is 2.12. The summed E-state index contributed by atoms with van der Waals surface area (Å²) in [5, 5.41) is 1.38. The Kier molecular flexibility index (Phi) is 2.11. The smallest absolute Gasteiger partial charge is 0.0608 e. The summed E-state index contributed by atoms with van der Waals surface area (Å²) in [6, 6.07) is 8.88. The van der Waals surface area contributed by atoms with Gasteiger partial charge in [-0.1, -0.05) is 17.7 Å². The Morgan fingerprint density at radius 2 is 2.08 bits per heavy atom. The molecule has 1 heterocycles. The van der Waals surface area contributed by atoms with Crippen molar-refractivity contribution in [2.24, 2.45) is 0 Å². The van der Waals surface area contributed by atoms with Crippen LogP contribution in [0.1, 0.15) is 5.56 Å². The van der Waals surface area contributed by atoms with Crippen molar-refractivity contribution >= 4 is 33.2 Å². The minimum Gasteiger partial charge on any atom is -0.129 e. The second kappa shape index (κ2) is 3.11. The Hall–Kier alpha value is -0.470. The summed E-state index contributed by atoms with van der Waals surface area (Å²) in [5.41, 5.74) is 1.34. The lowest BCUT2D eigenvalue weighted by Crippen LogP contribution is -1.67. The van der Waals surface area contributed by atoms with E-state index in [1.807, 2.05) is 23.1 Å². The highest BCUT2D eigenvalue weighted by Gasteiger charge is 1.99. The van der Waals surface area contributed by atoms with Crippen LogP contribution in [-0.2, 0) is 0 Å². The molecular formula is C10H10S2. The molecule has 0 aliphatic rings. The third kappa shape index (κ3) is 1.37. The number of thiophene rings is 1. The van der Waals surface area contributed by atoms with Crippen LogP contribution in [0.25, 0.3) is 10.1 Å². The maximum atomic E-state index is 2.26. The SMILES string of the molecule is CSc1cc2cc(C)ccc2s1. The molecule has 12 heavy (non-hydrogen) atoms. The van der Waals surface area contributed by atoms with E-state index in [9.17, 15) is 0 Å². The van der Waals surface area contributed by atoms with Gasteiger partial charge in [0.1, 0.15) is 0 Å². The van der Waals surface area contributed by atoms with Crippen molar-refractivity contribution < 1.29 is 0 Å². The molecule has 2 aromatic rings. The van der Waals surface area contributed by atoms with Crippen LogP contribution in [0, 0.1) is 6.92 Å². The Morgan fingerprint density at radius 3 is 2.83 bits per heavy atom. The number of benzene rings is 1. The first-order chi connectivity index (χ1) is 5.79. The first-order valence-corrected chi connectivity index (χ1v) is 5.88. The lowest BCUT2D eigenvalue weighted by molar-refractivity contribution is 1.51. The van der Waals surface area contributed by atoms with Gasteiger partial charge >= 0.3 is 0 Å². The number of hydrogen-bond donors (Lipinski definition) is 0. The molecule has 0 saturated heterocycles. The van der Waals surface area contributed by atoms with Gasteiger partial charge in [0.25, 0.3) is 0 Å². The fraction of sp³-hybridized carbons (Fsp3) is 0.200. The fourth-order valence-electron chi connectivity index (χ4n) is 1.24. The van der Waals surface area contributed by atoms with Gasteiger partial charge < -0.3 is 0 Å². The topological polar surface area (TPSA) is 0 Å². The van der Waals surface area contributed by atoms with E-state index >= 15 is 0 Å². The summed E-state index contributed by atoms with van der Waals surface area (Å²) < 4.78 is 2.79. The summed E-state index contributed by atoms with van der Waals surface area (Å²) in [6.45, 7) is 2.13. The zero-order valence-corrected chi connectivity index (χ0v) is 8.76. The summed E-state index contributed by atoms with van der Waals surface area (Å²) in [4.78, 5) is 0. The molecule has 0 amide bonds. The van der Waals surface area contributed by atoms with Crippen molar-refractivity contribution in [2.75, 3.05) is 6.26 Å². The van der Waals surface area contributed by atoms with Crippen molar-refractivity contribution in [2.45, 2.75) is 11.1 Å². The molecule has 2 rings (SSSR count). The molecule has 0 radical (unpaired) electrons. The molecule has 0 atom stereocenters. The van der Waals surface area contributed by atoms with Crippen LogP contribution in [-0.4, -0.2) is 6.26 Å². The van der Waals surface area contributed by atoms with Crippen LogP contribution in [0.4, 0.5) is 0 Å². The first-order valence-electron chi connectivity index (χ1n) is 3.84. The Bertz CT molecular complexity index is 401. The molecule has 0 nitrogen and oxygen atoms in total. The van der Waals surface area contributed by atoms with Crippen molar-refractivity contribution in [1.82, 2.24) is 0 Å². The molecule has 1 aromatic carbocycles. The molecule has 0 spiro atoms. The van der Waals surface area contributed by atoms with Gasteiger partial charge in [-0.05, 0) is 30.7 Å². The van der Waals surface area contributed by atoms with Crippen LogP contribution in [0.5, 0.6) is 0 Å². The van der Waals surface area contributed by atoms with Crippen LogP contribution < -0.4 is 0 Å². The zero-order chi connectivity index (χ0) is 8.55. The summed E-state index contributed by atoms with van der Waals surface area (Å²) >= 11 is 3.69. The largest absolute Gasteiger partial charge is 0.129 e. The predicted octanol–water partition coefficient (Wildman–Crippen LogP) is 3.93. The average molecular weight is 194 g/mol. The van der Waals surface area contributed by atoms with Gasteiger partial charge in [-0.15, -0.1) is 23.1 Å². The minimum absolute atomic E-state index is 1.34. The van der Waals surface area contributed by atoms with E-state index in [0.717, 1.165) is 0 Å². The van der Waals surface area contributed by atoms with Gasteiger partial charge in [0.2, 0.25) is 0 Å². The summed E-state index contributed by atoms with van der Waals surface area (Å²) in [7, 11) is 0. The lowest BCUT2D eigenvalue weighted by Gasteiger charge is -1.89. The minimum atomic E-state index is 1.34. The van der Waals surface area contributed by atoms with Crippen molar-refractivity contribution in [1.29, 1.82) is 0 Å². The second-order valence-electron chi connectivity index (χ2n) is 2.81. The molecule has 2 heteroatoms. The number of rotatable bonds is 1. The normalized spacial score (nSPS) is 10.8. The van der Waals surface area contributed by atoms with Crippen LogP contribution in [0.2, 0.25) is 0 Å². The zero-order valence-electron chi connectivity index (χ0n) is 7.13. The molecule has 62 valence electrons. The van der Waals surface area contributed by atoms with Crippen molar-refractivity contribution in [3.63, 3.8) is 0 Å². The number of thioether (sulfide) groups is 1. The molecule has 1 aromatic heterocycles. The molecule has 0 aliphatic heterocycles.